The zero-order valence-corrected chi connectivity index (χ0v) is 17.1. The number of ether oxygens (including phenoxy) is 1. The van der Waals surface area contributed by atoms with Gasteiger partial charge >= 0.3 is 5.97 Å². The highest BCUT2D eigenvalue weighted by Crippen LogP contribution is 2.28. The number of hydrogen-bond acceptors (Lipinski definition) is 3. The van der Waals surface area contributed by atoms with Gasteiger partial charge in [-0.3, -0.25) is 4.79 Å². The summed E-state index contributed by atoms with van der Waals surface area (Å²) in [5.74, 6) is -1.24. The van der Waals surface area contributed by atoms with Crippen molar-refractivity contribution in [1.29, 1.82) is 0 Å². The molecule has 0 spiro atoms. The minimum Gasteiger partial charge on any atom is -0.466 e. The van der Waals surface area contributed by atoms with Crippen LogP contribution in [0.5, 0.6) is 0 Å². The monoisotopic (exact) mass is 383 g/mol. The van der Waals surface area contributed by atoms with Crippen LogP contribution >= 0.6 is 0 Å². The van der Waals surface area contributed by atoms with E-state index < -0.39 is 14.0 Å². The third-order valence-electron chi connectivity index (χ3n) is 4.43. The van der Waals surface area contributed by atoms with Crippen LogP contribution in [0, 0.1) is 12.4 Å². The van der Waals surface area contributed by atoms with Crippen molar-refractivity contribution in [2.75, 3.05) is 7.11 Å². The van der Waals surface area contributed by atoms with Crippen LogP contribution < -0.4 is 5.19 Å². The molecular formula is C21H22FNO3Si. The molecule has 0 saturated carbocycles. The molecule has 140 valence electrons. The van der Waals surface area contributed by atoms with Crippen LogP contribution in [0.2, 0.25) is 19.6 Å². The Morgan fingerprint density at radius 3 is 2.26 bits per heavy atom. The van der Waals surface area contributed by atoms with Gasteiger partial charge in [-0.15, -0.1) is 0 Å². The molecule has 2 rings (SSSR count). The maximum absolute atomic E-state index is 14.7. The number of hydrogen-bond donors (Lipinski definition) is 0. The first-order chi connectivity index (χ1) is 12.6. The molecule has 0 fully saturated rings. The van der Waals surface area contributed by atoms with E-state index in [-0.39, 0.29) is 29.3 Å². The Morgan fingerprint density at radius 2 is 1.78 bits per heavy atom. The molecule has 2 aromatic carbocycles. The molecule has 0 heterocycles. The minimum absolute atomic E-state index is 0.0466. The Bertz CT molecular complexity index is 955. The van der Waals surface area contributed by atoms with Gasteiger partial charge in [0.25, 0.3) is 0 Å². The number of nitrogens with zero attached hydrogens (tertiary/aromatic N) is 1. The van der Waals surface area contributed by atoms with Gasteiger partial charge in [0.05, 0.1) is 27.3 Å². The van der Waals surface area contributed by atoms with Crippen molar-refractivity contribution < 1.29 is 18.7 Å². The van der Waals surface area contributed by atoms with E-state index >= 15 is 0 Å². The van der Waals surface area contributed by atoms with Crippen molar-refractivity contribution >= 4 is 30.7 Å². The minimum atomic E-state index is -1.64. The number of carbonyl (C=O) groups is 2. The first-order valence-corrected chi connectivity index (χ1v) is 12.0. The Morgan fingerprint density at radius 1 is 1.11 bits per heavy atom. The van der Waals surface area contributed by atoms with Gasteiger partial charge in [0.15, 0.2) is 5.78 Å². The zero-order valence-electron chi connectivity index (χ0n) is 16.1. The molecule has 4 nitrogen and oxygen atoms in total. The molecule has 0 aliphatic heterocycles. The predicted octanol–water partition coefficient (Wildman–Crippen LogP) is 4.50. The number of halogens is 1. The van der Waals surface area contributed by atoms with E-state index in [0.29, 0.717) is 16.7 Å². The smallest absolute Gasteiger partial charge is 0.327 e. The van der Waals surface area contributed by atoms with E-state index in [0.717, 1.165) is 5.19 Å². The van der Waals surface area contributed by atoms with Crippen LogP contribution in [-0.2, 0) is 11.2 Å². The number of ketones is 1. The van der Waals surface area contributed by atoms with Crippen molar-refractivity contribution in [2.45, 2.75) is 33.0 Å². The Kier molecular flexibility index (Phi) is 5.97. The zero-order chi connectivity index (χ0) is 20.4. The lowest BCUT2D eigenvalue weighted by atomic mass is 9.94. The molecule has 0 unspecified atom stereocenters. The van der Waals surface area contributed by atoms with Gasteiger partial charge in [0, 0.05) is 12.0 Å². The van der Waals surface area contributed by atoms with E-state index in [9.17, 15) is 14.0 Å². The summed E-state index contributed by atoms with van der Waals surface area (Å²) in [7, 11) is -0.413. The van der Waals surface area contributed by atoms with Gasteiger partial charge in [-0.1, -0.05) is 43.0 Å². The highest BCUT2D eigenvalue weighted by Gasteiger charge is 2.21. The van der Waals surface area contributed by atoms with Gasteiger partial charge in [-0.25, -0.2) is 14.0 Å². The summed E-state index contributed by atoms with van der Waals surface area (Å²) in [6.45, 7) is 15.1. The molecule has 0 aliphatic rings. The van der Waals surface area contributed by atoms with Crippen LogP contribution in [0.3, 0.4) is 0 Å². The third kappa shape index (κ3) is 4.50. The van der Waals surface area contributed by atoms with E-state index in [4.69, 9.17) is 11.3 Å². The standard InChI is InChI=1S/C21H22FNO3Si/c1-13(24)17-12-20(23-2)18(21(25)26-3)10-15(17)9-14-7-8-16(11-19(14)22)27(4,5)6/h7-8,10-12H,9H2,1,3-6H3. The normalized spacial score (nSPS) is 11.0. The summed E-state index contributed by atoms with van der Waals surface area (Å²) < 4.78 is 19.4. The second-order valence-corrected chi connectivity index (χ2v) is 12.5. The molecule has 0 N–H and O–H groups in total. The molecule has 0 bridgehead atoms. The van der Waals surface area contributed by atoms with Crippen LogP contribution in [-0.4, -0.2) is 26.9 Å². The molecule has 0 saturated heterocycles. The Labute approximate surface area is 159 Å². The lowest BCUT2D eigenvalue weighted by molar-refractivity contribution is 0.0601. The van der Waals surface area contributed by atoms with Crippen molar-refractivity contribution in [3.63, 3.8) is 0 Å². The molecule has 27 heavy (non-hydrogen) atoms. The molecular weight excluding hydrogens is 361 g/mol. The van der Waals surface area contributed by atoms with E-state index in [1.54, 1.807) is 12.1 Å². The molecule has 0 aromatic heterocycles. The molecule has 0 atom stereocenters. The Balaban J connectivity index is 2.56. The first-order valence-electron chi connectivity index (χ1n) is 8.51. The highest BCUT2D eigenvalue weighted by molar-refractivity contribution is 6.88. The summed E-state index contributed by atoms with van der Waals surface area (Å²) in [4.78, 5) is 27.3. The average molecular weight is 383 g/mol. The van der Waals surface area contributed by atoms with Crippen LogP contribution in [0.1, 0.15) is 38.8 Å². The molecule has 2 aromatic rings. The summed E-state index contributed by atoms with van der Waals surface area (Å²) in [5.41, 5.74) is 1.36. The van der Waals surface area contributed by atoms with Gasteiger partial charge < -0.3 is 4.74 Å². The lowest BCUT2D eigenvalue weighted by Crippen LogP contribution is -2.37. The molecule has 0 radical (unpaired) electrons. The fraction of sp³-hybridized carbons (Fsp3) is 0.286. The molecule has 6 heteroatoms. The van der Waals surface area contributed by atoms with Gasteiger partial charge in [-0.05, 0) is 30.2 Å². The topological polar surface area (TPSA) is 47.7 Å². The Hall–Kier alpha value is -2.78. The SMILES string of the molecule is [C-]#[N+]c1cc(C(C)=O)c(Cc2ccc([Si](C)(C)C)cc2F)cc1C(=O)OC. The largest absolute Gasteiger partial charge is 0.466 e. The summed E-state index contributed by atoms with van der Waals surface area (Å²) in [6.07, 6.45) is 0.148. The second kappa shape index (κ2) is 7.85. The maximum Gasteiger partial charge on any atom is 0.327 e. The number of carbonyl (C=O) groups excluding carboxylic acids is 2. The molecule has 0 amide bonds. The van der Waals surface area contributed by atoms with Gasteiger partial charge in [0.1, 0.15) is 5.82 Å². The third-order valence-corrected chi connectivity index (χ3v) is 6.47. The highest BCUT2D eigenvalue weighted by atomic mass is 28.3. The number of benzene rings is 2. The van der Waals surface area contributed by atoms with E-state index in [1.807, 2.05) is 6.07 Å². The van der Waals surface area contributed by atoms with E-state index in [1.165, 1.54) is 26.2 Å². The predicted molar refractivity (Wildman–Crippen MR) is 106 cm³/mol. The number of rotatable bonds is 5. The second-order valence-electron chi connectivity index (χ2n) is 7.42. The van der Waals surface area contributed by atoms with Crippen molar-refractivity contribution in [3.8, 4) is 0 Å². The van der Waals surface area contributed by atoms with Crippen LogP contribution in [0.15, 0.2) is 30.3 Å². The average Bonchev–Trinajstić information content (AvgIpc) is 2.61. The number of Topliss-reactive ketones (excluding diaryl/α,β-unsaturated/α-hetero) is 1. The fourth-order valence-electron chi connectivity index (χ4n) is 2.84. The molecule has 0 aliphatic carbocycles. The van der Waals surface area contributed by atoms with Crippen LogP contribution in [0.25, 0.3) is 4.85 Å². The van der Waals surface area contributed by atoms with Crippen molar-refractivity contribution in [3.05, 3.63) is 69.8 Å². The number of methoxy groups -OCH3 is 1. The van der Waals surface area contributed by atoms with Gasteiger partial charge in [0.2, 0.25) is 5.69 Å². The van der Waals surface area contributed by atoms with Crippen LogP contribution in [0.4, 0.5) is 10.1 Å². The first kappa shape index (κ1) is 20.5. The fourth-order valence-corrected chi connectivity index (χ4v) is 3.98. The summed E-state index contributed by atoms with van der Waals surface area (Å²) in [6, 6.07) is 8.05. The van der Waals surface area contributed by atoms with Crippen molar-refractivity contribution in [2.24, 2.45) is 0 Å². The van der Waals surface area contributed by atoms with E-state index in [2.05, 4.69) is 24.5 Å². The quantitative estimate of drug-likeness (QED) is 0.330. The summed E-state index contributed by atoms with van der Waals surface area (Å²) in [5, 5.41) is 1.01. The van der Waals surface area contributed by atoms with Gasteiger partial charge in [-0.2, -0.15) is 0 Å². The lowest BCUT2D eigenvalue weighted by Gasteiger charge is -2.18. The number of esters is 1. The summed E-state index contributed by atoms with van der Waals surface area (Å²) >= 11 is 0. The van der Waals surface area contributed by atoms with Crippen molar-refractivity contribution in [1.82, 2.24) is 0 Å². The maximum atomic E-state index is 14.7.